The highest BCUT2D eigenvalue weighted by atomic mass is 32.1. The van der Waals surface area contributed by atoms with Gasteiger partial charge in [-0.05, 0) is 6.08 Å². The zero-order valence-corrected chi connectivity index (χ0v) is 14.7. The number of Topliss-reactive ketones (excluding diaryl/α,β-unsaturated/α-hetero) is 2. The van der Waals surface area contributed by atoms with Gasteiger partial charge >= 0.3 is 0 Å². The molecule has 0 aliphatic heterocycles. The van der Waals surface area contributed by atoms with Crippen molar-refractivity contribution in [1.29, 1.82) is 0 Å². The number of rotatable bonds is 2. The quantitative estimate of drug-likeness (QED) is 0.392. The van der Waals surface area contributed by atoms with Crippen LogP contribution in [0.1, 0.15) is 26.0 Å². The number of hydrogen-bond acceptors (Lipinski definition) is 8. The molecule has 1 aromatic carbocycles. The molecule has 0 spiro atoms. The third-order valence-corrected chi connectivity index (χ3v) is 5.92. The lowest BCUT2D eigenvalue weighted by Gasteiger charge is -1.93. The lowest BCUT2D eigenvalue weighted by atomic mass is 10.2. The van der Waals surface area contributed by atoms with Crippen molar-refractivity contribution in [1.82, 2.24) is 19.9 Å². The van der Waals surface area contributed by atoms with E-state index >= 15 is 0 Å². The number of ketones is 2. The molecule has 6 nitrogen and oxygen atoms in total. The van der Waals surface area contributed by atoms with Crippen LogP contribution in [0.5, 0.6) is 0 Å². The van der Waals surface area contributed by atoms with Crippen molar-refractivity contribution in [2.45, 2.75) is 0 Å². The Balaban J connectivity index is 1.53. The van der Waals surface area contributed by atoms with Gasteiger partial charge in [-0.1, -0.05) is 53.0 Å². The van der Waals surface area contributed by atoms with Crippen molar-refractivity contribution in [2.24, 2.45) is 0 Å². The Kier molecular flexibility index (Phi) is 3.34. The second kappa shape index (κ2) is 5.72. The van der Waals surface area contributed by atoms with Gasteiger partial charge in [-0.25, -0.2) is 19.9 Å². The summed E-state index contributed by atoms with van der Waals surface area (Å²) in [5.74, 6) is -0.816. The van der Waals surface area contributed by atoms with E-state index in [1.165, 1.54) is 41.1 Å². The van der Waals surface area contributed by atoms with Crippen LogP contribution >= 0.6 is 22.7 Å². The van der Waals surface area contributed by atoms with Gasteiger partial charge in [0.25, 0.3) is 0 Å². The summed E-state index contributed by atoms with van der Waals surface area (Å²) in [6.07, 6.45) is 4.32. The Labute approximate surface area is 154 Å². The van der Waals surface area contributed by atoms with Crippen LogP contribution in [0.25, 0.3) is 26.3 Å². The highest BCUT2D eigenvalue weighted by Gasteiger charge is 2.36. The molecule has 0 bridgehead atoms. The Morgan fingerprint density at radius 3 is 2.12 bits per heavy atom. The number of hydrogen-bond donors (Lipinski definition) is 0. The molecule has 0 fully saturated rings. The summed E-state index contributed by atoms with van der Waals surface area (Å²) in [4.78, 5) is 43.4. The van der Waals surface area contributed by atoms with Crippen LogP contribution in [0.15, 0.2) is 48.3 Å². The van der Waals surface area contributed by atoms with Gasteiger partial charge < -0.3 is 0 Å². The van der Waals surface area contributed by atoms with Gasteiger partial charge in [-0.15, -0.1) is 0 Å². The molecule has 4 aromatic rings. The van der Waals surface area contributed by atoms with Crippen molar-refractivity contribution < 1.29 is 9.59 Å². The Hall–Kier alpha value is -3.10. The maximum Gasteiger partial charge on any atom is 0.217 e. The second-order valence-corrected chi connectivity index (χ2v) is 7.50. The Morgan fingerprint density at radius 1 is 0.808 bits per heavy atom. The first-order valence-electron chi connectivity index (χ1n) is 7.65. The SMILES string of the molecule is O=C1C(=Cc2nc3sc(-c4ccccc4)nc3s2)C(=O)c2nccnc21. The van der Waals surface area contributed by atoms with Crippen LogP contribution in [0.3, 0.4) is 0 Å². The fourth-order valence-corrected chi connectivity index (χ4v) is 4.70. The molecule has 0 radical (unpaired) electrons. The monoisotopic (exact) mass is 376 g/mol. The van der Waals surface area contributed by atoms with Gasteiger partial charge in [-0.3, -0.25) is 9.59 Å². The van der Waals surface area contributed by atoms with Crippen LogP contribution in [0.4, 0.5) is 0 Å². The lowest BCUT2D eigenvalue weighted by molar-refractivity contribution is 0.0988. The van der Waals surface area contributed by atoms with Crippen LogP contribution < -0.4 is 0 Å². The molecule has 0 unspecified atom stereocenters. The lowest BCUT2D eigenvalue weighted by Crippen LogP contribution is -2.00. The van der Waals surface area contributed by atoms with Crippen molar-refractivity contribution in [2.75, 3.05) is 0 Å². The Bertz CT molecular complexity index is 1160. The standard InChI is InChI=1S/C18H8N4O2S2/c23-14-10(15(24)13-12(14)19-6-7-20-13)8-11-21-17-18(25-11)22-16(26-17)9-4-2-1-3-5-9/h1-8H. The van der Waals surface area contributed by atoms with E-state index in [9.17, 15) is 9.59 Å². The zero-order chi connectivity index (χ0) is 17.7. The third kappa shape index (κ3) is 2.31. The fraction of sp³-hybridized carbons (Fsp3) is 0. The van der Waals surface area contributed by atoms with Gasteiger partial charge in [0.2, 0.25) is 11.6 Å². The molecule has 3 heterocycles. The highest BCUT2D eigenvalue weighted by molar-refractivity contribution is 7.28. The number of carbonyl (C=O) groups excluding carboxylic acids is 2. The first-order chi connectivity index (χ1) is 12.7. The summed E-state index contributed by atoms with van der Waals surface area (Å²) >= 11 is 2.83. The van der Waals surface area contributed by atoms with E-state index in [2.05, 4.69) is 19.9 Å². The van der Waals surface area contributed by atoms with Crippen LogP contribution in [0, 0.1) is 0 Å². The normalized spacial score (nSPS) is 13.5. The maximum absolute atomic E-state index is 12.4. The topological polar surface area (TPSA) is 85.7 Å². The zero-order valence-electron chi connectivity index (χ0n) is 13.0. The molecule has 0 amide bonds. The maximum atomic E-state index is 12.4. The summed E-state index contributed by atoms with van der Waals surface area (Å²) < 4.78 is 0. The van der Waals surface area contributed by atoms with E-state index < -0.39 is 11.6 Å². The number of fused-ring (bicyclic) bond motifs is 2. The highest BCUT2D eigenvalue weighted by Crippen LogP contribution is 2.34. The number of aromatic nitrogens is 4. The summed E-state index contributed by atoms with van der Waals surface area (Å²) in [7, 11) is 0. The predicted octanol–water partition coefficient (Wildman–Crippen LogP) is 3.67. The minimum absolute atomic E-state index is 0.0517. The number of benzene rings is 1. The summed E-state index contributed by atoms with van der Waals surface area (Å²) in [6.45, 7) is 0. The van der Waals surface area contributed by atoms with E-state index in [0.29, 0.717) is 5.01 Å². The molecule has 1 aliphatic carbocycles. The average molecular weight is 376 g/mol. The van der Waals surface area contributed by atoms with Crippen LogP contribution in [-0.2, 0) is 0 Å². The first-order valence-corrected chi connectivity index (χ1v) is 9.29. The van der Waals surface area contributed by atoms with Crippen LogP contribution in [0.2, 0.25) is 0 Å². The second-order valence-electron chi connectivity index (χ2n) is 5.52. The number of nitrogens with zero attached hydrogens (tertiary/aromatic N) is 4. The molecule has 26 heavy (non-hydrogen) atoms. The molecule has 1 aliphatic rings. The fourth-order valence-electron chi connectivity index (χ4n) is 2.71. The molecule has 0 N–H and O–H groups in total. The molecule has 0 atom stereocenters. The summed E-state index contributed by atoms with van der Waals surface area (Å²) in [5.41, 5.74) is 1.30. The van der Waals surface area contributed by atoms with E-state index in [1.807, 2.05) is 30.3 Å². The largest absolute Gasteiger partial charge is 0.287 e. The smallest absolute Gasteiger partial charge is 0.217 e. The first kappa shape index (κ1) is 15.2. The molecule has 8 heteroatoms. The number of thiazole rings is 2. The van der Waals surface area contributed by atoms with Gasteiger partial charge in [0.15, 0.2) is 9.66 Å². The van der Waals surface area contributed by atoms with Crippen molar-refractivity contribution >= 4 is 50.0 Å². The minimum Gasteiger partial charge on any atom is -0.287 e. The molecule has 5 rings (SSSR count). The van der Waals surface area contributed by atoms with Crippen LogP contribution in [-0.4, -0.2) is 31.5 Å². The van der Waals surface area contributed by atoms with Crippen molar-refractivity contribution in [3.8, 4) is 10.6 Å². The molecule has 0 saturated carbocycles. The van der Waals surface area contributed by atoms with Gasteiger partial charge in [0.1, 0.15) is 21.4 Å². The van der Waals surface area contributed by atoms with E-state index in [4.69, 9.17) is 0 Å². The molecule has 3 aromatic heterocycles. The number of allylic oxidation sites excluding steroid dienone is 1. The third-order valence-electron chi connectivity index (χ3n) is 3.90. The predicted molar refractivity (Wildman–Crippen MR) is 99.4 cm³/mol. The van der Waals surface area contributed by atoms with E-state index in [1.54, 1.807) is 0 Å². The average Bonchev–Trinajstić information content (AvgIpc) is 3.30. The van der Waals surface area contributed by atoms with Gasteiger partial charge in [0, 0.05) is 18.0 Å². The summed E-state index contributed by atoms with van der Waals surface area (Å²) in [6, 6.07) is 9.88. The minimum atomic E-state index is -0.408. The summed E-state index contributed by atoms with van der Waals surface area (Å²) in [5, 5.41) is 1.47. The number of carbonyl (C=O) groups is 2. The molecular weight excluding hydrogens is 368 g/mol. The molecular formula is C18H8N4O2S2. The van der Waals surface area contributed by atoms with Crippen molar-refractivity contribution in [3.63, 3.8) is 0 Å². The van der Waals surface area contributed by atoms with Gasteiger partial charge in [-0.2, -0.15) is 0 Å². The molecule has 0 saturated heterocycles. The van der Waals surface area contributed by atoms with E-state index in [0.717, 1.165) is 20.2 Å². The molecule has 124 valence electrons. The van der Waals surface area contributed by atoms with E-state index in [-0.39, 0.29) is 17.0 Å². The Morgan fingerprint density at radius 2 is 1.46 bits per heavy atom. The van der Waals surface area contributed by atoms with Crippen molar-refractivity contribution in [3.05, 3.63) is 64.7 Å². The van der Waals surface area contributed by atoms with Gasteiger partial charge in [0.05, 0.1) is 5.57 Å².